The summed E-state index contributed by atoms with van der Waals surface area (Å²) in [6.07, 6.45) is 1.85. The van der Waals surface area contributed by atoms with Crippen molar-refractivity contribution in [2.24, 2.45) is 5.73 Å². The second kappa shape index (κ2) is 3.11. The van der Waals surface area contributed by atoms with Gasteiger partial charge in [-0.3, -0.25) is 4.68 Å². The summed E-state index contributed by atoms with van der Waals surface area (Å²) in [6, 6.07) is 0. The summed E-state index contributed by atoms with van der Waals surface area (Å²) in [5.74, 6) is 0. The van der Waals surface area contributed by atoms with Crippen molar-refractivity contribution in [3.8, 4) is 0 Å². The summed E-state index contributed by atoms with van der Waals surface area (Å²) in [5, 5.41) is 7.56. The molecule has 0 unspecified atom stereocenters. The van der Waals surface area contributed by atoms with Gasteiger partial charge in [0.1, 0.15) is 3.70 Å². The molecule has 0 fully saturated rings. The maximum absolute atomic E-state index is 5.28. The third-order valence-corrected chi connectivity index (χ3v) is 1.36. The van der Waals surface area contributed by atoms with Crippen LogP contribution in [0.25, 0.3) is 0 Å². The molecule has 1 rings (SSSR count). The highest BCUT2D eigenvalue weighted by atomic mass is 127. The third-order valence-electron chi connectivity index (χ3n) is 0.869. The second-order valence-electron chi connectivity index (χ2n) is 1.59. The Morgan fingerprint density at radius 3 is 3.00 bits per heavy atom. The first-order valence-corrected chi connectivity index (χ1v) is 3.66. The molecule has 2 N–H and O–H groups in total. The van der Waals surface area contributed by atoms with Crippen LogP contribution in [0.1, 0.15) is 0 Å². The lowest BCUT2D eigenvalue weighted by molar-refractivity contribution is 0.598. The van der Waals surface area contributed by atoms with E-state index in [0.29, 0.717) is 6.54 Å². The number of rotatable bonds is 2. The molecule has 0 radical (unpaired) electrons. The first-order chi connectivity index (χ1) is 4.33. The largest absolute Gasteiger partial charge is 0.329 e. The molecule has 0 saturated carbocycles. The first kappa shape index (κ1) is 6.94. The van der Waals surface area contributed by atoms with Crippen molar-refractivity contribution in [2.75, 3.05) is 6.54 Å². The molecule has 0 aromatic carbocycles. The minimum absolute atomic E-state index is 0.611. The molecule has 9 heavy (non-hydrogen) atoms. The van der Waals surface area contributed by atoms with E-state index in [4.69, 9.17) is 5.73 Å². The van der Waals surface area contributed by atoms with Crippen LogP contribution in [0, 0.1) is 3.70 Å². The van der Waals surface area contributed by atoms with Crippen molar-refractivity contribution < 1.29 is 0 Å². The zero-order valence-electron chi connectivity index (χ0n) is 4.79. The van der Waals surface area contributed by atoms with Crippen LogP contribution in [0.2, 0.25) is 0 Å². The van der Waals surface area contributed by atoms with Crippen LogP contribution < -0.4 is 5.73 Å². The maximum Gasteiger partial charge on any atom is 0.143 e. The van der Waals surface area contributed by atoms with Crippen LogP contribution >= 0.6 is 22.6 Å². The van der Waals surface area contributed by atoms with Gasteiger partial charge in [0.15, 0.2) is 0 Å². The summed E-state index contributed by atoms with van der Waals surface area (Å²) in [6.45, 7) is 1.36. The molecular weight excluding hydrogens is 231 g/mol. The Labute approximate surface area is 66.6 Å². The minimum atomic E-state index is 0.611. The number of hydrogen-bond donors (Lipinski definition) is 1. The van der Waals surface area contributed by atoms with E-state index in [1.807, 2.05) is 6.20 Å². The molecule has 1 aromatic heterocycles. The van der Waals surface area contributed by atoms with Gasteiger partial charge >= 0.3 is 0 Å². The van der Waals surface area contributed by atoms with Gasteiger partial charge in [-0.15, -0.1) is 5.10 Å². The highest BCUT2D eigenvalue weighted by Gasteiger charge is 1.92. The van der Waals surface area contributed by atoms with Crippen LogP contribution in [0.15, 0.2) is 6.20 Å². The molecule has 0 bridgehead atoms. The summed E-state index contributed by atoms with van der Waals surface area (Å²) >= 11 is 2.11. The van der Waals surface area contributed by atoms with Gasteiger partial charge in [-0.25, -0.2) is 0 Å². The lowest BCUT2D eigenvalue weighted by atomic mass is 10.6. The molecule has 0 amide bonds. The minimum Gasteiger partial charge on any atom is -0.329 e. The molecule has 0 aliphatic carbocycles. The zero-order valence-corrected chi connectivity index (χ0v) is 6.95. The van der Waals surface area contributed by atoms with Crippen LogP contribution in [-0.4, -0.2) is 21.5 Å². The number of hydrogen-bond acceptors (Lipinski definition) is 3. The predicted molar refractivity (Wildman–Crippen MR) is 41.8 cm³/mol. The zero-order chi connectivity index (χ0) is 6.69. The molecule has 1 aromatic rings. The molecule has 0 aliphatic rings. The lowest BCUT2D eigenvalue weighted by Crippen LogP contribution is -2.10. The molecular formula is C4H7IN4. The fourth-order valence-electron chi connectivity index (χ4n) is 0.516. The van der Waals surface area contributed by atoms with Crippen molar-refractivity contribution >= 4 is 22.6 Å². The molecule has 1 heterocycles. The Balaban J connectivity index is 2.61. The van der Waals surface area contributed by atoms with E-state index in [0.717, 1.165) is 10.2 Å². The van der Waals surface area contributed by atoms with E-state index in [9.17, 15) is 0 Å². The van der Waals surface area contributed by atoms with Crippen molar-refractivity contribution in [1.29, 1.82) is 0 Å². The molecule has 0 aliphatic heterocycles. The third kappa shape index (κ3) is 1.90. The van der Waals surface area contributed by atoms with Gasteiger partial charge in [-0.05, 0) is 22.6 Å². The Kier molecular flexibility index (Phi) is 2.40. The van der Waals surface area contributed by atoms with Crippen molar-refractivity contribution in [3.05, 3.63) is 9.90 Å². The van der Waals surface area contributed by atoms with E-state index >= 15 is 0 Å². The quantitative estimate of drug-likeness (QED) is 0.728. The van der Waals surface area contributed by atoms with Crippen LogP contribution in [-0.2, 0) is 6.54 Å². The molecule has 50 valence electrons. The Bertz CT molecular complexity index is 184. The summed E-state index contributed by atoms with van der Waals surface area (Å²) in [5.41, 5.74) is 5.28. The van der Waals surface area contributed by atoms with E-state index in [1.165, 1.54) is 0 Å². The molecule has 4 nitrogen and oxygen atoms in total. The number of aromatic nitrogens is 3. The van der Waals surface area contributed by atoms with E-state index in [-0.39, 0.29) is 0 Å². The van der Waals surface area contributed by atoms with Gasteiger partial charge < -0.3 is 5.73 Å². The highest BCUT2D eigenvalue weighted by molar-refractivity contribution is 14.1. The smallest absolute Gasteiger partial charge is 0.143 e. The fraction of sp³-hybridized carbons (Fsp3) is 0.500. The van der Waals surface area contributed by atoms with Gasteiger partial charge in [0, 0.05) is 6.54 Å². The average Bonchev–Trinajstić information content (AvgIpc) is 2.17. The van der Waals surface area contributed by atoms with Gasteiger partial charge in [0.25, 0.3) is 0 Å². The predicted octanol–water partition coefficient (Wildman–Crippen LogP) is -0.159. The molecule has 0 atom stereocenters. The first-order valence-electron chi connectivity index (χ1n) is 2.58. The fourth-order valence-corrected chi connectivity index (χ4v) is 0.934. The SMILES string of the molecule is NCCn1cc(I)nn1. The molecule has 0 spiro atoms. The van der Waals surface area contributed by atoms with E-state index in [1.54, 1.807) is 4.68 Å². The van der Waals surface area contributed by atoms with E-state index < -0.39 is 0 Å². The Morgan fingerprint density at radius 2 is 2.56 bits per heavy atom. The Hall–Kier alpha value is -0.170. The number of halogens is 1. The molecule has 5 heteroatoms. The summed E-state index contributed by atoms with van der Waals surface area (Å²) < 4.78 is 2.63. The van der Waals surface area contributed by atoms with Gasteiger partial charge in [-0.2, -0.15) is 0 Å². The van der Waals surface area contributed by atoms with Crippen LogP contribution in [0.5, 0.6) is 0 Å². The summed E-state index contributed by atoms with van der Waals surface area (Å²) in [4.78, 5) is 0. The lowest BCUT2D eigenvalue weighted by Gasteiger charge is -1.91. The van der Waals surface area contributed by atoms with Crippen LogP contribution in [0.4, 0.5) is 0 Å². The number of nitrogens with zero attached hydrogens (tertiary/aromatic N) is 3. The van der Waals surface area contributed by atoms with Crippen LogP contribution in [0.3, 0.4) is 0 Å². The standard InChI is InChI=1S/C4H7IN4/c5-4-3-9(2-1-6)8-7-4/h3H,1-2,6H2. The van der Waals surface area contributed by atoms with Gasteiger partial charge in [0.2, 0.25) is 0 Å². The van der Waals surface area contributed by atoms with Crippen molar-refractivity contribution in [2.45, 2.75) is 6.54 Å². The van der Waals surface area contributed by atoms with Gasteiger partial charge in [0.05, 0.1) is 12.7 Å². The van der Waals surface area contributed by atoms with Crippen molar-refractivity contribution in [1.82, 2.24) is 15.0 Å². The average molecular weight is 238 g/mol. The van der Waals surface area contributed by atoms with Crippen molar-refractivity contribution in [3.63, 3.8) is 0 Å². The van der Waals surface area contributed by atoms with E-state index in [2.05, 4.69) is 32.9 Å². The molecule has 0 saturated heterocycles. The second-order valence-corrected chi connectivity index (χ2v) is 2.70. The highest BCUT2D eigenvalue weighted by Crippen LogP contribution is 1.95. The normalized spacial score (nSPS) is 10.0. The monoisotopic (exact) mass is 238 g/mol. The maximum atomic E-state index is 5.28. The Morgan fingerprint density at radius 1 is 1.78 bits per heavy atom. The number of nitrogens with two attached hydrogens (primary N) is 1. The topological polar surface area (TPSA) is 56.7 Å². The van der Waals surface area contributed by atoms with Gasteiger partial charge in [-0.1, -0.05) is 5.21 Å². The summed E-state index contributed by atoms with van der Waals surface area (Å²) in [7, 11) is 0.